The molecule has 0 saturated heterocycles. The van der Waals surface area contributed by atoms with Crippen LogP contribution in [-0.4, -0.2) is 31.4 Å². The lowest BCUT2D eigenvalue weighted by Crippen LogP contribution is -2.30. The van der Waals surface area contributed by atoms with Crippen LogP contribution in [0.15, 0.2) is 24.3 Å². The number of nitrogens with one attached hydrogen (secondary N) is 1. The lowest BCUT2D eigenvalue weighted by molar-refractivity contribution is -0.120. The summed E-state index contributed by atoms with van der Waals surface area (Å²) in [6.45, 7) is 5.46. The molecule has 1 rings (SSSR count). The zero-order valence-electron chi connectivity index (χ0n) is 13.0. The normalized spacial score (nSPS) is 12.8. The van der Waals surface area contributed by atoms with Crippen molar-refractivity contribution in [3.63, 3.8) is 0 Å². The summed E-state index contributed by atoms with van der Waals surface area (Å²) < 4.78 is 0. The number of nitrogens with zero attached hydrogens (tertiary/aromatic N) is 1. The maximum Gasteiger partial charge on any atom is 0.228 e. The summed E-state index contributed by atoms with van der Waals surface area (Å²) in [6.07, 6.45) is 0.819. The van der Waals surface area contributed by atoms with Crippen LogP contribution in [0.25, 0.3) is 0 Å². The molecule has 1 aromatic carbocycles. The van der Waals surface area contributed by atoms with Crippen LogP contribution in [0, 0.1) is 11.8 Å². The minimum atomic E-state index is -0.118. The van der Waals surface area contributed by atoms with Crippen LogP contribution >= 0.6 is 0 Å². The van der Waals surface area contributed by atoms with Gasteiger partial charge >= 0.3 is 0 Å². The van der Waals surface area contributed by atoms with E-state index in [0.29, 0.717) is 12.5 Å². The van der Waals surface area contributed by atoms with Gasteiger partial charge in [-0.2, -0.15) is 0 Å². The van der Waals surface area contributed by atoms with Gasteiger partial charge in [0, 0.05) is 18.8 Å². The number of carbonyl (C=O) groups is 1. The zero-order chi connectivity index (χ0) is 15.1. The van der Waals surface area contributed by atoms with Crippen molar-refractivity contribution in [3.8, 4) is 0 Å². The van der Waals surface area contributed by atoms with Crippen molar-refractivity contribution in [2.45, 2.75) is 26.8 Å². The molecule has 3 N–H and O–H groups in total. The Morgan fingerprint density at radius 2 is 2.05 bits per heavy atom. The minimum absolute atomic E-state index is 0.0169. The fraction of sp³-hybridized carbons (Fsp3) is 0.562. The number of hydrogen-bond acceptors (Lipinski definition) is 3. The lowest BCUT2D eigenvalue weighted by Gasteiger charge is -2.17. The van der Waals surface area contributed by atoms with Crippen molar-refractivity contribution in [3.05, 3.63) is 29.8 Å². The number of nitrogens with two attached hydrogens (primary N) is 1. The van der Waals surface area contributed by atoms with Gasteiger partial charge in [0.05, 0.1) is 5.92 Å². The molecule has 1 amide bonds. The van der Waals surface area contributed by atoms with E-state index in [9.17, 15) is 4.79 Å². The van der Waals surface area contributed by atoms with Gasteiger partial charge in [0.25, 0.3) is 0 Å². The van der Waals surface area contributed by atoms with Crippen molar-refractivity contribution in [1.82, 2.24) is 4.90 Å². The largest absolute Gasteiger partial charge is 0.330 e. The minimum Gasteiger partial charge on any atom is -0.330 e. The third kappa shape index (κ3) is 5.72. The average Bonchev–Trinajstić information content (AvgIpc) is 2.35. The van der Waals surface area contributed by atoms with Gasteiger partial charge in [0.2, 0.25) is 5.91 Å². The van der Waals surface area contributed by atoms with Crippen molar-refractivity contribution in [2.75, 3.05) is 26.0 Å². The van der Waals surface area contributed by atoms with Crippen LogP contribution in [0.5, 0.6) is 0 Å². The standard InChI is InChI=1S/C16H27N3O/c1-12(2)8-14(10-17)16(20)18-15-7-5-6-13(9-15)11-19(3)4/h5-7,9,12,14H,8,10-11,17H2,1-4H3,(H,18,20). The quantitative estimate of drug-likeness (QED) is 0.804. The first-order valence-electron chi connectivity index (χ1n) is 7.17. The molecule has 0 saturated carbocycles. The molecule has 0 aliphatic rings. The summed E-state index contributed by atoms with van der Waals surface area (Å²) in [5, 5.41) is 2.97. The number of anilines is 1. The Hall–Kier alpha value is -1.39. The summed E-state index contributed by atoms with van der Waals surface area (Å²) in [5.74, 6) is 0.366. The highest BCUT2D eigenvalue weighted by atomic mass is 16.1. The van der Waals surface area contributed by atoms with E-state index in [4.69, 9.17) is 5.73 Å². The van der Waals surface area contributed by atoms with Crippen LogP contribution in [0.3, 0.4) is 0 Å². The topological polar surface area (TPSA) is 58.4 Å². The second kappa shape index (κ2) is 8.02. The van der Waals surface area contributed by atoms with Gasteiger partial charge in [-0.05, 0) is 44.1 Å². The Labute approximate surface area is 122 Å². The molecule has 4 nitrogen and oxygen atoms in total. The predicted octanol–water partition coefficient (Wildman–Crippen LogP) is 2.31. The molecule has 0 fully saturated rings. The summed E-state index contributed by atoms with van der Waals surface area (Å²) in [7, 11) is 4.05. The van der Waals surface area contributed by atoms with Gasteiger partial charge in [-0.25, -0.2) is 0 Å². The fourth-order valence-electron chi connectivity index (χ4n) is 2.24. The molecule has 4 heteroatoms. The Bertz CT molecular complexity index is 429. The van der Waals surface area contributed by atoms with Crippen LogP contribution in [0.2, 0.25) is 0 Å². The molecule has 112 valence electrons. The molecular weight excluding hydrogens is 250 g/mol. The predicted molar refractivity (Wildman–Crippen MR) is 84.5 cm³/mol. The maximum atomic E-state index is 12.2. The van der Waals surface area contributed by atoms with Gasteiger partial charge in [-0.1, -0.05) is 26.0 Å². The lowest BCUT2D eigenvalue weighted by atomic mass is 9.96. The van der Waals surface area contributed by atoms with E-state index in [1.54, 1.807) is 0 Å². The van der Waals surface area contributed by atoms with E-state index in [0.717, 1.165) is 18.7 Å². The molecule has 0 heterocycles. The van der Waals surface area contributed by atoms with E-state index in [2.05, 4.69) is 30.1 Å². The number of benzene rings is 1. The number of hydrogen-bond donors (Lipinski definition) is 2. The highest BCUT2D eigenvalue weighted by Gasteiger charge is 2.18. The number of carbonyl (C=O) groups excluding carboxylic acids is 1. The van der Waals surface area contributed by atoms with E-state index in [-0.39, 0.29) is 11.8 Å². The van der Waals surface area contributed by atoms with E-state index >= 15 is 0 Å². The van der Waals surface area contributed by atoms with Gasteiger partial charge < -0.3 is 16.0 Å². The van der Waals surface area contributed by atoms with Gasteiger partial charge in [0.15, 0.2) is 0 Å². The Morgan fingerprint density at radius 3 is 2.60 bits per heavy atom. The first-order valence-corrected chi connectivity index (χ1v) is 7.17. The molecule has 1 atom stereocenters. The molecular formula is C16H27N3O. The molecule has 1 aromatic rings. The second-order valence-electron chi connectivity index (χ2n) is 5.99. The van der Waals surface area contributed by atoms with Crippen LogP contribution in [0.1, 0.15) is 25.8 Å². The first kappa shape index (κ1) is 16.7. The Kier molecular flexibility index (Phi) is 6.68. The summed E-state index contributed by atoms with van der Waals surface area (Å²) >= 11 is 0. The molecule has 0 aliphatic heterocycles. The average molecular weight is 277 g/mol. The molecule has 0 spiro atoms. The third-order valence-corrected chi connectivity index (χ3v) is 3.10. The third-order valence-electron chi connectivity index (χ3n) is 3.10. The monoisotopic (exact) mass is 277 g/mol. The van der Waals surface area contributed by atoms with Crippen molar-refractivity contribution < 1.29 is 4.79 Å². The Morgan fingerprint density at radius 1 is 1.35 bits per heavy atom. The van der Waals surface area contributed by atoms with Gasteiger partial charge in [-0.3, -0.25) is 4.79 Å². The smallest absolute Gasteiger partial charge is 0.228 e. The maximum absolute atomic E-state index is 12.2. The van der Waals surface area contributed by atoms with E-state index in [1.807, 2.05) is 32.3 Å². The SMILES string of the molecule is CC(C)CC(CN)C(=O)Nc1cccc(CN(C)C)c1. The highest BCUT2D eigenvalue weighted by molar-refractivity contribution is 5.92. The van der Waals surface area contributed by atoms with E-state index < -0.39 is 0 Å². The molecule has 0 aliphatic carbocycles. The van der Waals surface area contributed by atoms with Crippen LogP contribution < -0.4 is 11.1 Å². The Balaban J connectivity index is 2.69. The van der Waals surface area contributed by atoms with E-state index in [1.165, 1.54) is 5.56 Å². The number of rotatable bonds is 7. The van der Waals surface area contributed by atoms with Crippen molar-refractivity contribution >= 4 is 11.6 Å². The molecule has 0 radical (unpaired) electrons. The molecule has 0 bridgehead atoms. The van der Waals surface area contributed by atoms with Gasteiger partial charge in [-0.15, -0.1) is 0 Å². The zero-order valence-corrected chi connectivity index (χ0v) is 13.0. The van der Waals surface area contributed by atoms with Crippen molar-refractivity contribution in [2.24, 2.45) is 17.6 Å². The van der Waals surface area contributed by atoms with Crippen molar-refractivity contribution in [1.29, 1.82) is 0 Å². The molecule has 20 heavy (non-hydrogen) atoms. The van der Waals surface area contributed by atoms with Crippen LogP contribution in [0.4, 0.5) is 5.69 Å². The summed E-state index contributed by atoms with van der Waals surface area (Å²) in [4.78, 5) is 14.3. The first-order chi connectivity index (χ1) is 9.42. The molecule has 0 aromatic heterocycles. The van der Waals surface area contributed by atoms with Crippen LogP contribution in [-0.2, 0) is 11.3 Å². The highest BCUT2D eigenvalue weighted by Crippen LogP contribution is 2.16. The molecule has 1 unspecified atom stereocenters. The number of amides is 1. The summed E-state index contributed by atoms with van der Waals surface area (Å²) in [5.41, 5.74) is 7.73. The second-order valence-corrected chi connectivity index (χ2v) is 5.99. The van der Waals surface area contributed by atoms with Gasteiger partial charge in [0.1, 0.15) is 0 Å². The fourth-order valence-corrected chi connectivity index (χ4v) is 2.24. The summed E-state index contributed by atoms with van der Waals surface area (Å²) in [6, 6.07) is 7.96.